The van der Waals surface area contributed by atoms with Gasteiger partial charge in [-0.15, -0.1) is 0 Å². The Kier molecular flexibility index (Phi) is 7.56. The highest BCUT2D eigenvalue weighted by Gasteiger charge is 2.35. The first-order chi connectivity index (χ1) is 18.8. The maximum Gasteiger partial charge on any atom is 0.321 e. The highest BCUT2D eigenvalue weighted by molar-refractivity contribution is 5.98. The molecule has 0 aliphatic carbocycles. The Hall–Kier alpha value is -4.31. The summed E-state index contributed by atoms with van der Waals surface area (Å²) in [5.74, 6) is 1.00. The van der Waals surface area contributed by atoms with Gasteiger partial charge in [-0.05, 0) is 30.7 Å². The van der Waals surface area contributed by atoms with Gasteiger partial charge in [0.25, 0.3) is 5.91 Å². The van der Waals surface area contributed by atoms with E-state index in [0.29, 0.717) is 29.3 Å². The first kappa shape index (κ1) is 26.3. The summed E-state index contributed by atoms with van der Waals surface area (Å²) in [6.07, 6.45) is 1.22. The van der Waals surface area contributed by atoms with Crippen LogP contribution in [0.3, 0.4) is 0 Å². The Morgan fingerprint density at radius 3 is 2.69 bits per heavy atom. The Morgan fingerprint density at radius 1 is 1.15 bits per heavy atom. The third kappa shape index (κ3) is 5.61. The molecular weight excluding hydrogens is 500 g/mol. The van der Waals surface area contributed by atoms with Crippen LogP contribution in [-0.4, -0.2) is 77.5 Å². The molecule has 204 valence electrons. The van der Waals surface area contributed by atoms with Crippen LogP contribution in [0.1, 0.15) is 24.2 Å². The lowest BCUT2D eigenvalue weighted by atomic mass is 9.99. The Labute approximate surface area is 227 Å². The second-order valence-electron chi connectivity index (χ2n) is 9.94. The molecule has 39 heavy (non-hydrogen) atoms. The van der Waals surface area contributed by atoms with E-state index in [1.165, 1.54) is 4.90 Å². The Bertz CT molecular complexity index is 1350. The second kappa shape index (κ2) is 11.2. The quantitative estimate of drug-likeness (QED) is 0.496. The number of aliphatic hydroxyl groups excluding tert-OH is 1. The van der Waals surface area contributed by atoms with Gasteiger partial charge in [0, 0.05) is 43.0 Å². The van der Waals surface area contributed by atoms with Crippen molar-refractivity contribution in [3.63, 3.8) is 0 Å². The van der Waals surface area contributed by atoms with Crippen LogP contribution in [0.25, 0.3) is 11.1 Å². The maximum absolute atomic E-state index is 13.6. The van der Waals surface area contributed by atoms with E-state index >= 15 is 0 Å². The number of hydrogen-bond donors (Lipinski definition) is 2. The molecule has 0 unspecified atom stereocenters. The summed E-state index contributed by atoms with van der Waals surface area (Å²) in [6.45, 7) is 4.33. The number of carbonyl (C=O) groups excluding carboxylic acids is 2. The molecule has 1 aromatic heterocycles. The standard InChI is InChI=1S/C29H32N4O6/c1-18-14-33(19(2)16-34)28(35)23-11-21(20-7-5-4-6-8-20)13-30-27(23)39-26(18)15-32(3)29(36)31-22-9-10-24-25(12-22)38-17-37-24/h4-13,18-19,26,34H,14-17H2,1-3H3,(H,31,36)/t18-,19+,26+/m1/s1. The van der Waals surface area contributed by atoms with E-state index in [1.54, 1.807) is 49.3 Å². The number of anilines is 1. The number of carbonyl (C=O) groups is 2. The lowest BCUT2D eigenvalue weighted by molar-refractivity contribution is 0.0356. The summed E-state index contributed by atoms with van der Waals surface area (Å²) < 4.78 is 17.1. The minimum Gasteiger partial charge on any atom is -0.472 e. The number of aromatic nitrogens is 1. The Balaban J connectivity index is 1.38. The number of pyridine rings is 1. The fourth-order valence-corrected chi connectivity index (χ4v) is 4.65. The van der Waals surface area contributed by atoms with E-state index in [9.17, 15) is 14.7 Å². The summed E-state index contributed by atoms with van der Waals surface area (Å²) in [6, 6.07) is 15.9. The highest BCUT2D eigenvalue weighted by Crippen LogP contribution is 2.34. The zero-order valence-corrected chi connectivity index (χ0v) is 22.2. The molecule has 10 nitrogen and oxygen atoms in total. The van der Waals surface area contributed by atoms with Crippen molar-refractivity contribution in [2.75, 3.05) is 38.9 Å². The predicted octanol–water partition coefficient (Wildman–Crippen LogP) is 3.86. The number of likely N-dealkylation sites (N-methyl/N-ethyl adjacent to an activating group) is 1. The fraction of sp³-hybridized carbons (Fsp3) is 0.345. The number of amides is 3. The van der Waals surface area contributed by atoms with Crippen LogP contribution in [0.5, 0.6) is 17.4 Å². The molecule has 3 heterocycles. The van der Waals surface area contributed by atoms with Crippen molar-refractivity contribution in [3.05, 3.63) is 66.4 Å². The monoisotopic (exact) mass is 532 g/mol. The van der Waals surface area contributed by atoms with E-state index in [-0.39, 0.29) is 43.7 Å². The van der Waals surface area contributed by atoms with Crippen LogP contribution in [0, 0.1) is 5.92 Å². The van der Waals surface area contributed by atoms with Crippen LogP contribution in [0.15, 0.2) is 60.8 Å². The molecule has 3 atom stereocenters. The molecule has 0 radical (unpaired) electrons. The van der Waals surface area contributed by atoms with Crippen LogP contribution >= 0.6 is 0 Å². The van der Waals surface area contributed by atoms with Gasteiger partial charge in [0.2, 0.25) is 12.7 Å². The number of ether oxygens (including phenoxy) is 3. The second-order valence-corrected chi connectivity index (χ2v) is 9.94. The van der Waals surface area contributed by atoms with Crippen molar-refractivity contribution in [1.82, 2.24) is 14.8 Å². The zero-order chi connectivity index (χ0) is 27.5. The number of nitrogens with one attached hydrogen (secondary N) is 1. The van der Waals surface area contributed by atoms with Crippen molar-refractivity contribution in [3.8, 4) is 28.5 Å². The number of urea groups is 1. The third-order valence-corrected chi connectivity index (χ3v) is 7.05. The van der Waals surface area contributed by atoms with Gasteiger partial charge >= 0.3 is 6.03 Å². The van der Waals surface area contributed by atoms with Gasteiger partial charge < -0.3 is 34.4 Å². The van der Waals surface area contributed by atoms with Crippen molar-refractivity contribution < 1.29 is 28.9 Å². The summed E-state index contributed by atoms with van der Waals surface area (Å²) >= 11 is 0. The van der Waals surface area contributed by atoms with E-state index < -0.39 is 12.1 Å². The van der Waals surface area contributed by atoms with Gasteiger partial charge in [0.05, 0.1) is 19.2 Å². The summed E-state index contributed by atoms with van der Waals surface area (Å²) in [5.41, 5.74) is 2.61. The summed E-state index contributed by atoms with van der Waals surface area (Å²) in [4.78, 5) is 34.4. The van der Waals surface area contributed by atoms with E-state index in [4.69, 9.17) is 14.2 Å². The van der Waals surface area contributed by atoms with Crippen molar-refractivity contribution in [2.24, 2.45) is 5.92 Å². The Morgan fingerprint density at radius 2 is 1.92 bits per heavy atom. The summed E-state index contributed by atoms with van der Waals surface area (Å²) in [7, 11) is 1.68. The number of aliphatic hydroxyl groups is 1. The number of nitrogens with zero attached hydrogens (tertiary/aromatic N) is 3. The van der Waals surface area contributed by atoms with Crippen LogP contribution < -0.4 is 19.5 Å². The molecule has 0 saturated carbocycles. The predicted molar refractivity (Wildman–Crippen MR) is 145 cm³/mol. The van der Waals surface area contributed by atoms with E-state index in [0.717, 1.165) is 11.1 Å². The molecule has 0 fully saturated rings. The minimum atomic E-state index is -0.465. The molecule has 0 bridgehead atoms. The zero-order valence-electron chi connectivity index (χ0n) is 22.2. The van der Waals surface area contributed by atoms with Gasteiger partial charge in [0.15, 0.2) is 11.5 Å². The molecular formula is C29H32N4O6. The van der Waals surface area contributed by atoms with Crippen molar-refractivity contribution in [1.29, 1.82) is 0 Å². The average Bonchev–Trinajstić information content (AvgIpc) is 3.42. The average molecular weight is 533 g/mol. The molecule has 2 aliphatic heterocycles. The van der Waals surface area contributed by atoms with Crippen LogP contribution in [0.4, 0.5) is 10.5 Å². The molecule has 2 aromatic carbocycles. The summed E-state index contributed by atoms with van der Waals surface area (Å²) in [5, 5.41) is 12.8. The SMILES string of the molecule is C[C@@H]1CN([C@@H](C)CO)C(=O)c2cc(-c3ccccc3)cnc2O[C@H]1CN(C)C(=O)Nc1ccc2c(c1)OCO2. The van der Waals surface area contributed by atoms with Gasteiger partial charge in [-0.1, -0.05) is 37.3 Å². The lowest BCUT2D eigenvalue weighted by Crippen LogP contribution is -2.50. The van der Waals surface area contributed by atoms with Crippen LogP contribution in [0.2, 0.25) is 0 Å². The van der Waals surface area contributed by atoms with Gasteiger partial charge in [-0.3, -0.25) is 4.79 Å². The minimum absolute atomic E-state index is 0.153. The highest BCUT2D eigenvalue weighted by atomic mass is 16.7. The maximum atomic E-state index is 13.6. The smallest absolute Gasteiger partial charge is 0.321 e. The molecule has 3 amide bonds. The third-order valence-electron chi connectivity index (χ3n) is 7.05. The van der Waals surface area contributed by atoms with Gasteiger partial charge in [-0.25, -0.2) is 9.78 Å². The van der Waals surface area contributed by atoms with E-state index in [2.05, 4.69) is 10.3 Å². The van der Waals surface area contributed by atoms with Crippen molar-refractivity contribution in [2.45, 2.75) is 26.0 Å². The molecule has 10 heteroatoms. The molecule has 2 aliphatic rings. The largest absolute Gasteiger partial charge is 0.472 e. The fourth-order valence-electron chi connectivity index (χ4n) is 4.65. The van der Waals surface area contributed by atoms with E-state index in [1.807, 2.05) is 37.3 Å². The van der Waals surface area contributed by atoms with Crippen LogP contribution in [-0.2, 0) is 0 Å². The normalized spacial score (nSPS) is 18.9. The molecule has 0 spiro atoms. The number of benzene rings is 2. The number of hydrogen-bond acceptors (Lipinski definition) is 7. The van der Waals surface area contributed by atoms with Gasteiger partial charge in [-0.2, -0.15) is 0 Å². The topological polar surface area (TPSA) is 113 Å². The molecule has 2 N–H and O–H groups in total. The number of rotatable bonds is 6. The number of fused-ring (bicyclic) bond motifs is 2. The first-order valence-electron chi connectivity index (χ1n) is 12.9. The molecule has 0 saturated heterocycles. The molecule has 3 aromatic rings. The lowest BCUT2D eigenvalue weighted by Gasteiger charge is -2.37. The van der Waals surface area contributed by atoms with Crippen molar-refractivity contribution >= 4 is 17.6 Å². The first-order valence-corrected chi connectivity index (χ1v) is 12.9. The van der Waals surface area contributed by atoms with Gasteiger partial charge in [0.1, 0.15) is 11.7 Å². The molecule has 5 rings (SSSR count).